The molecule has 1 fully saturated rings. The van der Waals surface area contributed by atoms with Gasteiger partial charge in [0.25, 0.3) is 0 Å². The van der Waals surface area contributed by atoms with E-state index >= 15 is 0 Å². The summed E-state index contributed by atoms with van der Waals surface area (Å²) in [7, 11) is 2.10. The molecule has 1 heterocycles. The average molecular weight is 291 g/mol. The number of hydrogen-bond donors (Lipinski definition) is 2. The second-order valence-corrected chi connectivity index (χ2v) is 6.00. The van der Waals surface area contributed by atoms with Crippen molar-refractivity contribution in [1.29, 1.82) is 0 Å². The lowest BCUT2D eigenvalue weighted by Gasteiger charge is -2.42. The van der Waals surface area contributed by atoms with Gasteiger partial charge in [-0.15, -0.1) is 0 Å². The molecule has 0 saturated carbocycles. The number of anilines is 1. The summed E-state index contributed by atoms with van der Waals surface area (Å²) in [6.07, 6.45) is -0.492. The summed E-state index contributed by atoms with van der Waals surface area (Å²) in [5.41, 5.74) is 1.60. The van der Waals surface area contributed by atoms with Crippen LogP contribution in [0.4, 0.5) is 10.5 Å². The third-order valence-electron chi connectivity index (χ3n) is 4.29. The van der Waals surface area contributed by atoms with Crippen molar-refractivity contribution in [2.24, 2.45) is 0 Å². The van der Waals surface area contributed by atoms with Crippen molar-refractivity contribution >= 4 is 11.7 Å². The molecule has 0 radical (unpaired) electrons. The Labute approximate surface area is 126 Å². The average Bonchev–Trinajstić information content (AvgIpc) is 2.44. The molecule has 1 aliphatic rings. The van der Waals surface area contributed by atoms with E-state index in [1.807, 2.05) is 29.2 Å². The molecule has 3 unspecified atom stereocenters. The maximum atomic E-state index is 12.3. The van der Waals surface area contributed by atoms with Crippen LogP contribution in [-0.4, -0.2) is 53.2 Å². The monoisotopic (exact) mass is 291 g/mol. The predicted molar refractivity (Wildman–Crippen MR) is 84.4 cm³/mol. The van der Waals surface area contributed by atoms with Gasteiger partial charge in [0, 0.05) is 30.9 Å². The zero-order valence-corrected chi connectivity index (χ0v) is 13.2. The molecular formula is C16H25N3O2. The van der Waals surface area contributed by atoms with Crippen molar-refractivity contribution in [2.75, 3.05) is 25.5 Å². The highest BCUT2D eigenvalue weighted by Crippen LogP contribution is 2.18. The van der Waals surface area contributed by atoms with Gasteiger partial charge in [0.15, 0.2) is 0 Å². The Morgan fingerprint density at radius 1 is 1.24 bits per heavy atom. The zero-order valence-electron chi connectivity index (χ0n) is 13.2. The molecule has 2 N–H and O–H groups in total. The third-order valence-corrected chi connectivity index (χ3v) is 4.29. The van der Waals surface area contributed by atoms with E-state index in [1.54, 1.807) is 6.92 Å². The standard InChI is InChI=1S/C16H25N3O2/c1-11-9-19(10-12(2)18(11)4)16(21)17-15-7-5-14(6-8-15)13(3)20/h5-8,11-13,20H,9-10H2,1-4H3,(H,17,21). The van der Waals surface area contributed by atoms with Crippen LogP contribution in [0, 0.1) is 0 Å². The molecule has 21 heavy (non-hydrogen) atoms. The largest absolute Gasteiger partial charge is 0.389 e. The van der Waals surface area contributed by atoms with Crippen LogP contribution >= 0.6 is 0 Å². The number of urea groups is 1. The van der Waals surface area contributed by atoms with E-state index in [0.29, 0.717) is 12.1 Å². The van der Waals surface area contributed by atoms with Gasteiger partial charge in [-0.05, 0) is 45.5 Å². The molecule has 1 aromatic rings. The van der Waals surface area contributed by atoms with Crippen LogP contribution in [0.5, 0.6) is 0 Å². The van der Waals surface area contributed by atoms with E-state index in [0.717, 1.165) is 24.3 Å². The molecule has 5 heteroatoms. The van der Waals surface area contributed by atoms with Gasteiger partial charge < -0.3 is 15.3 Å². The Balaban J connectivity index is 1.98. The molecule has 3 atom stereocenters. The van der Waals surface area contributed by atoms with Gasteiger partial charge in [-0.2, -0.15) is 0 Å². The first-order chi connectivity index (χ1) is 9.88. The second-order valence-electron chi connectivity index (χ2n) is 6.00. The number of piperazine rings is 1. The summed E-state index contributed by atoms with van der Waals surface area (Å²) < 4.78 is 0. The number of benzene rings is 1. The van der Waals surface area contributed by atoms with Crippen molar-refractivity contribution in [3.05, 3.63) is 29.8 Å². The second kappa shape index (κ2) is 6.45. The first kappa shape index (κ1) is 15.8. The minimum absolute atomic E-state index is 0.0633. The first-order valence-electron chi connectivity index (χ1n) is 7.44. The lowest BCUT2D eigenvalue weighted by molar-refractivity contribution is 0.0816. The maximum absolute atomic E-state index is 12.3. The van der Waals surface area contributed by atoms with E-state index < -0.39 is 6.10 Å². The zero-order chi connectivity index (χ0) is 15.6. The van der Waals surface area contributed by atoms with Gasteiger partial charge in [0.05, 0.1) is 6.10 Å². The topological polar surface area (TPSA) is 55.8 Å². The number of carbonyl (C=O) groups excluding carboxylic acids is 1. The number of nitrogens with zero attached hydrogens (tertiary/aromatic N) is 2. The van der Waals surface area contributed by atoms with Crippen LogP contribution in [0.2, 0.25) is 0 Å². The van der Waals surface area contributed by atoms with Crippen LogP contribution in [0.3, 0.4) is 0 Å². The number of rotatable bonds is 2. The van der Waals surface area contributed by atoms with Crippen LogP contribution in [0.25, 0.3) is 0 Å². The molecule has 0 aromatic heterocycles. The fraction of sp³-hybridized carbons (Fsp3) is 0.562. The molecule has 2 rings (SSSR count). The number of nitrogens with one attached hydrogen (secondary N) is 1. The van der Waals surface area contributed by atoms with Gasteiger partial charge >= 0.3 is 6.03 Å². The SMILES string of the molecule is CC(O)c1ccc(NC(=O)N2CC(C)N(C)C(C)C2)cc1. The Morgan fingerprint density at radius 2 is 1.76 bits per heavy atom. The van der Waals surface area contributed by atoms with E-state index in [1.165, 1.54) is 0 Å². The summed E-state index contributed by atoms with van der Waals surface area (Å²) in [5, 5.41) is 12.4. The first-order valence-corrected chi connectivity index (χ1v) is 7.44. The Kier molecular flexibility index (Phi) is 4.85. The molecule has 2 amide bonds. The number of hydrogen-bond acceptors (Lipinski definition) is 3. The molecular weight excluding hydrogens is 266 g/mol. The van der Waals surface area contributed by atoms with Gasteiger partial charge in [-0.25, -0.2) is 4.79 Å². The van der Waals surface area contributed by atoms with Crippen LogP contribution in [0.15, 0.2) is 24.3 Å². The summed E-state index contributed by atoms with van der Waals surface area (Å²) >= 11 is 0. The third kappa shape index (κ3) is 3.74. The molecule has 1 aromatic carbocycles. The van der Waals surface area contributed by atoms with Crippen molar-refractivity contribution in [3.8, 4) is 0 Å². The van der Waals surface area contributed by atoms with E-state index in [-0.39, 0.29) is 6.03 Å². The molecule has 1 aliphatic heterocycles. The normalized spacial score (nSPS) is 24.7. The number of aliphatic hydroxyl groups excluding tert-OH is 1. The van der Waals surface area contributed by atoms with E-state index in [9.17, 15) is 9.90 Å². The van der Waals surface area contributed by atoms with E-state index in [2.05, 4.69) is 31.1 Å². The van der Waals surface area contributed by atoms with E-state index in [4.69, 9.17) is 0 Å². The predicted octanol–water partition coefficient (Wildman–Crippen LogP) is 2.30. The molecule has 1 saturated heterocycles. The highest BCUT2D eigenvalue weighted by molar-refractivity contribution is 5.89. The Hall–Kier alpha value is -1.59. The summed E-state index contributed by atoms with van der Waals surface area (Å²) in [4.78, 5) is 16.5. The van der Waals surface area contributed by atoms with Gasteiger partial charge in [0.2, 0.25) is 0 Å². The minimum atomic E-state index is -0.492. The van der Waals surface area contributed by atoms with Crippen LogP contribution in [0.1, 0.15) is 32.4 Å². The molecule has 0 aliphatic carbocycles. The molecule has 5 nitrogen and oxygen atoms in total. The van der Waals surface area contributed by atoms with Crippen molar-refractivity contribution in [2.45, 2.75) is 39.0 Å². The van der Waals surface area contributed by atoms with Crippen molar-refractivity contribution in [3.63, 3.8) is 0 Å². The molecule has 116 valence electrons. The number of amides is 2. The summed E-state index contributed by atoms with van der Waals surface area (Å²) in [6.45, 7) is 7.46. The number of likely N-dealkylation sites (N-methyl/N-ethyl adjacent to an activating group) is 1. The Morgan fingerprint density at radius 3 is 2.24 bits per heavy atom. The van der Waals surface area contributed by atoms with Gasteiger partial charge in [-0.3, -0.25) is 4.90 Å². The highest BCUT2D eigenvalue weighted by Gasteiger charge is 2.29. The van der Waals surface area contributed by atoms with Crippen molar-refractivity contribution in [1.82, 2.24) is 9.80 Å². The minimum Gasteiger partial charge on any atom is -0.389 e. The van der Waals surface area contributed by atoms with Gasteiger partial charge in [-0.1, -0.05) is 12.1 Å². The van der Waals surface area contributed by atoms with Crippen molar-refractivity contribution < 1.29 is 9.90 Å². The fourth-order valence-corrected chi connectivity index (χ4v) is 2.62. The fourth-order valence-electron chi connectivity index (χ4n) is 2.62. The summed E-state index contributed by atoms with van der Waals surface area (Å²) in [6, 6.07) is 7.96. The summed E-state index contributed by atoms with van der Waals surface area (Å²) in [5.74, 6) is 0. The smallest absolute Gasteiger partial charge is 0.321 e. The Bertz CT molecular complexity index is 475. The molecule has 0 bridgehead atoms. The number of carbonyl (C=O) groups is 1. The lowest BCUT2D eigenvalue weighted by Crippen LogP contribution is -2.57. The highest BCUT2D eigenvalue weighted by atomic mass is 16.3. The quantitative estimate of drug-likeness (QED) is 0.879. The van der Waals surface area contributed by atoms with Crippen LogP contribution < -0.4 is 5.32 Å². The maximum Gasteiger partial charge on any atom is 0.321 e. The van der Waals surface area contributed by atoms with Crippen LogP contribution in [-0.2, 0) is 0 Å². The molecule has 0 spiro atoms. The van der Waals surface area contributed by atoms with Gasteiger partial charge in [0.1, 0.15) is 0 Å². The lowest BCUT2D eigenvalue weighted by atomic mass is 10.1. The number of aliphatic hydroxyl groups is 1.